The van der Waals surface area contributed by atoms with Crippen LogP contribution >= 0.6 is 15.9 Å². The molecule has 23 heavy (non-hydrogen) atoms. The number of phenolic OH excluding ortho intramolecular Hbond substituents is 1. The van der Waals surface area contributed by atoms with Gasteiger partial charge in [0.15, 0.2) is 11.5 Å². The molecule has 0 aliphatic heterocycles. The lowest BCUT2D eigenvalue weighted by molar-refractivity contribution is -0.112. The Morgan fingerprint density at radius 2 is 2.09 bits per heavy atom. The van der Waals surface area contributed by atoms with Gasteiger partial charge >= 0.3 is 0 Å². The van der Waals surface area contributed by atoms with Gasteiger partial charge in [0.1, 0.15) is 11.6 Å². The van der Waals surface area contributed by atoms with Crippen LogP contribution in [0, 0.1) is 11.3 Å². The minimum absolute atomic E-state index is 0.0650. The summed E-state index contributed by atoms with van der Waals surface area (Å²) in [5.41, 5.74) is 1.00. The Bertz CT molecular complexity index is 810. The van der Waals surface area contributed by atoms with E-state index in [-0.39, 0.29) is 11.3 Å². The van der Waals surface area contributed by atoms with Crippen LogP contribution in [0.4, 0.5) is 5.69 Å². The molecule has 116 valence electrons. The third-order valence-corrected chi connectivity index (χ3v) is 3.69. The van der Waals surface area contributed by atoms with Crippen LogP contribution in [0.1, 0.15) is 5.56 Å². The van der Waals surface area contributed by atoms with E-state index in [0.717, 1.165) is 0 Å². The van der Waals surface area contributed by atoms with Crippen molar-refractivity contribution in [1.29, 1.82) is 5.26 Å². The molecule has 2 rings (SSSR count). The summed E-state index contributed by atoms with van der Waals surface area (Å²) in [6.07, 6.45) is 1.39. The maximum Gasteiger partial charge on any atom is 0.266 e. The van der Waals surface area contributed by atoms with E-state index in [2.05, 4.69) is 21.2 Å². The molecule has 5 nitrogen and oxygen atoms in total. The van der Waals surface area contributed by atoms with Crippen molar-refractivity contribution < 1.29 is 14.6 Å². The predicted molar refractivity (Wildman–Crippen MR) is 91.0 cm³/mol. The predicted octanol–water partition coefficient (Wildman–Crippen LogP) is 3.71. The first-order valence-corrected chi connectivity index (χ1v) is 7.39. The van der Waals surface area contributed by atoms with E-state index >= 15 is 0 Å². The van der Waals surface area contributed by atoms with E-state index in [0.29, 0.717) is 21.5 Å². The van der Waals surface area contributed by atoms with Gasteiger partial charge in [0.05, 0.1) is 12.8 Å². The number of halogens is 1. The van der Waals surface area contributed by atoms with Crippen molar-refractivity contribution in [2.24, 2.45) is 0 Å². The normalized spacial score (nSPS) is 10.7. The number of carbonyl (C=O) groups excluding carboxylic acids is 1. The quantitative estimate of drug-likeness (QED) is 0.632. The van der Waals surface area contributed by atoms with Crippen molar-refractivity contribution in [3.8, 4) is 17.6 Å². The Labute approximate surface area is 142 Å². The van der Waals surface area contributed by atoms with E-state index in [1.165, 1.54) is 19.3 Å². The van der Waals surface area contributed by atoms with Crippen molar-refractivity contribution >= 4 is 33.6 Å². The first kappa shape index (κ1) is 16.6. The standard InChI is InChI=1S/C17H13BrN2O3/c1-23-16-7-6-11(9-15(16)21)8-12(10-19)17(22)20-14-5-3-2-4-13(14)18/h2-9,21H,1H3,(H,20,22)/b12-8+. The number of aromatic hydroxyl groups is 1. The summed E-state index contributed by atoms with van der Waals surface area (Å²) >= 11 is 3.32. The summed E-state index contributed by atoms with van der Waals surface area (Å²) in [5, 5.41) is 21.6. The molecule has 1 amide bonds. The van der Waals surface area contributed by atoms with Crippen molar-refractivity contribution in [1.82, 2.24) is 0 Å². The fraction of sp³-hybridized carbons (Fsp3) is 0.0588. The highest BCUT2D eigenvalue weighted by Gasteiger charge is 2.11. The van der Waals surface area contributed by atoms with E-state index < -0.39 is 5.91 Å². The van der Waals surface area contributed by atoms with Crippen molar-refractivity contribution in [2.75, 3.05) is 12.4 Å². The van der Waals surface area contributed by atoms with Gasteiger partial charge in [-0.05, 0) is 51.8 Å². The van der Waals surface area contributed by atoms with Gasteiger partial charge in [0, 0.05) is 4.47 Å². The van der Waals surface area contributed by atoms with Crippen LogP contribution in [0.3, 0.4) is 0 Å². The molecule has 0 radical (unpaired) electrons. The molecule has 0 saturated heterocycles. The van der Waals surface area contributed by atoms with E-state index in [9.17, 15) is 15.2 Å². The molecule has 6 heteroatoms. The van der Waals surface area contributed by atoms with Gasteiger partial charge in [-0.3, -0.25) is 4.79 Å². The molecule has 2 N–H and O–H groups in total. The third-order valence-electron chi connectivity index (χ3n) is 3.00. The number of rotatable bonds is 4. The summed E-state index contributed by atoms with van der Waals surface area (Å²) in [7, 11) is 1.44. The number of methoxy groups -OCH3 is 1. The molecule has 0 aliphatic carbocycles. The van der Waals surface area contributed by atoms with Crippen LogP contribution in [0.2, 0.25) is 0 Å². The summed E-state index contributed by atoms with van der Waals surface area (Å²) in [4.78, 5) is 12.2. The van der Waals surface area contributed by atoms with Crippen LogP contribution in [0.5, 0.6) is 11.5 Å². The van der Waals surface area contributed by atoms with E-state index in [1.807, 2.05) is 12.1 Å². The Hall–Kier alpha value is -2.78. The highest BCUT2D eigenvalue weighted by molar-refractivity contribution is 9.10. The molecule has 0 bridgehead atoms. The number of phenols is 1. The highest BCUT2D eigenvalue weighted by Crippen LogP contribution is 2.27. The number of nitrogens with one attached hydrogen (secondary N) is 1. The Balaban J connectivity index is 2.25. The van der Waals surface area contributed by atoms with Gasteiger partial charge in [-0.15, -0.1) is 0 Å². The fourth-order valence-corrected chi connectivity index (χ4v) is 2.25. The molecule has 2 aromatic carbocycles. The summed E-state index contributed by atoms with van der Waals surface area (Å²) < 4.78 is 5.67. The SMILES string of the molecule is COc1ccc(/C=C(\C#N)C(=O)Nc2ccccc2Br)cc1O. The zero-order valence-electron chi connectivity index (χ0n) is 12.2. The smallest absolute Gasteiger partial charge is 0.266 e. The average Bonchev–Trinajstić information content (AvgIpc) is 2.54. The molecule has 0 heterocycles. The van der Waals surface area contributed by atoms with Crippen LogP contribution < -0.4 is 10.1 Å². The Morgan fingerprint density at radius 3 is 2.70 bits per heavy atom. The van der Waals surface area contributed by atoms with E-state index in [1.54, 1.807) is 30.3 Å². The number of nitrogens with zero attached hydrogens (tertiary/aromatic N) is 1. The molecule has 0 unspecified atom stereocenters. The number of hydrogen-bond acceptors (Lipinski definition) is 4. The zero-order valence-corrected chi connectivity index (χ0v) is 13.8. The fourth-order valence-electron chi connectivity index (χ4n) is 1.86. The second-order valence-electron chi connectivity index (χ2n) is 4.54. The topological polar surface area (TPSA) is 82.3 Å². The molecule has 0 fully saturated rings. The van der Waals surface area contributed by atoms with Crippen molar-refractivity contribution in [2.45, 2.75) is 0 Å². The molecular weight excluding hydrogens is 360 g/mol. The zero-order chi connectivity index (χ0) is 16.8. The first-order chi connectivity index (χ1) is 11.0. The molecule has 0 saturated carbocycles. The van der Waals surface area contributed by atoms with Gasteiger partial charge in [-0.2, -0.15) is 5.26 Å². The average molecular weight is 373 g/mol. The van der Waals surface area contributed by atoms with Gasteiger partial charge in [-0.25, -0.2) is 0 Å². The van der Waals surface area contributed by atoms with Crippen LogP contribution in [0.25, 0.3) is 6.08 Å². The molecule has 0 aliphatic rings. The maximum atomic E-state index is 12.2. The second kappa shape index (κ2) is 7.47. The largest absolute Gasteiger partial charge is 0.504 e. The molecular formula is C17H13BrN2O3. The van der Waals surface area contributed by atoms with Crippen LogP contribution in [0.15, 0.2) is 52.5 Å². The molecule has 2 aromatic rings. The molecule has 0 atom stereocenters. The number of hydrogen-bond donors (Lipinski definition) is 2. The van der Waals surface area contributed by atoms with Crippen molar-refractivity contribution in [3.05, 3.63) is 58.1 Å². The molecule has 0 aromatic heterocycles. The van der Waals surface area contributed by atoms with E-state index in [4.69, 9.17) is 4.74 Å². The number of anilines is 1. The van der Waals surface area contributed by atoms with Gasteiger partial charge in [0.2, 0.25) is 0 Å². The van der Waals surface area contributed by atoms with Crippen molar-refractivity contribution in [3.63, 3.8) is 0 Å². The Morgan fingerprint density at radius 1 is 1.35 bits per heavy atom. The van der Waals surface area contributed by atoms with Crippen LogP contribution in [-0.2, 0) is 4.79 Å². The summed E-state index contributed by atoms with van der Waals surface area (Å²) in [5.74, 6) is -0.280. The minimum atomic E-state index is -0.533. The lowest BCUT2D eigenvalue weighted by atomic mass is 10.1. The Kier molecular flexibility index (Phi) is 5.39. The minimum Gasteiger partial charge on any atom is -0.504 e. The van der Waals surface area contributed by atoms with Gasteiger partial charge < -0.3 is 15.2 Å². The first-order valence-electron chi connectivity index (χ1n) is 6.60. The lowest BCUT2D eigenvalue weighted by Crippen LogP contribution is -2.13. The number of amides is 1. The van der Waals surface area contributed by atoms with Gasteiger partial charge in [0.25, 0.3) is 5.91 Å². The number of benzene rings is 2. The van der Waals surface area contributed by atoms with Gasteiger partial charge in [-0.1, -0.05) is 18.2 Å². The number of para-hydroxylation sites is 1. The lowest BCUT2D eigenvalue weighted by Gasteiger charge is -2.07. The monoisotopic (exact) mass is 372 g/mol. The van der Waals surface area contributed by atoms with Crippen LogP contribution in [-0.4, -0.2) is 18.1 Å². The summed E-state index contributed by atoms with van der Waals surface area (Å²) in [6.45, 7) is 0. The molecule has 0 spiro atoms. The third kappa shape index (κ3) is 4.11. The highest BCUT2D eigenvalue weighted by atomic mass is 79.9. The number of ether oxygens (including phenoxy) is 1. The maximum absolute atomic E-state index is 12.2. The second-order valence-corrected chi connectivity index (χ2v) is 5.39. The summed E-state index contributed by atoms with van der Waals surface area (Å²) in [6, 6.07) is 13.6. The number of nitriles is 1. The number of carbonyl (C=O) groups is 1.